The van der Waals surface area contributed by atoms with Crippen LogP contribution >= 0.6 is 0 Å². The van der Waals surface area contributed by atoms with Gasteiger partial charge in [-0.15, -0.1) is 0 Å². The lowest BCUT2D eigenvalue weighted by atomic mass is 10.0. The van der Waals surface area contributed by atoms with Crippen LogP contribution in [0.2, 0.25) is 0 Å². The number of ether oxygens (including phenoxy) is 2. The molecule has 1 aliphatic heterocycles. The van der Waals surface area contributed by atoms with E-state index in [-0.39, 0.29) is 47.1 Å². The third-order valence-electron chi connectivity index (χ3n) is 5.27. The Labute approximate surface area is 174 Å². The highest BCUT2D eigenvalue weighted by Gasteiger charge is 2.57. The predicted molar refractivity (Wildman–Crippen MR) is 103 cm³/mol. The highest BCUT2D eigenvalue weighted by Crippen LogP contribution is 2.55. The van der Waals surface area contributed by atoms with Gasteiger partial charge >= 0.3 is 6.03 Å². The molecule has 3 atom stereocenters. The second-order valence-electron chi connectivity index (χ2n) is 7.16. The molecular formula is C21H15F3N4O3. The molecule has 5 rings (SSSR count). The SMILES string of the molecule is O=C(Nc1ncccc1Oc1ccncc1F)NC1[C@H]2COc3c(F)ccc(F)c3[C@@H]12. The van der Waals surface area contributed by atoms with Gasteiger partial charge in [-0.05, 0) is 24.3 Å². The zero-order valence-corrected chi connectivity index (χ0v) is 15.8. The van der Waals surface area contributed by atoms with Gasteiger partial charge in [-0.1, -0.05) is 0 Å². The molecule has 3 aromatic rings. The number of anilines is 1. The second kappa shape index (κ2) is 7.46. The van der Waals surface area contributed by atoms with Crippen LogP contribution in [0.1, 0.15) is 11.5 Å². The van der Waals surface area contributed by atoms with Crippen LogP contribution in [0.25, 0.3) is 0 Å². The van der Waals surface area contributed by atoms with Gasteiger partial charge < -0.3 is 14.8 Å². The Balaban J connectivity index is 1.30. The summed E-state index contributed by atoms with van der Waals surface area (Å²) < 4.78 is 52.9. The largest absolute Gasteiger partial charge is 0.490 e. The van der Waals surface area contributed by atoms with Gasteiger partial charge in [0.1, 0.15) is 5.82 Å². The van der Waals surface area contributed by atoms with Gasteiger partial charge in [-0.2, -0.15) is 0 Å². The number of rotatable bonds is 4. The summed E-state index contributed by atoms with van der Waals surface area (Å²) in [7, 11) is 0. The minimum atomic E-state index is -0.670. The number of aromatic nitrogens is 2. The number of pyridine rings is 2. The smallest absolute Gasteiger partial charge is 0.320 e. The summed E-state index contributed by atoms with van der Waals surface area (Å²) >= 11 is 0. The summed E-state index contributed by atoms with van der Waals surface area (Å²) in [6.45, 7) is 0.169. The van der Waals surface area contributed by atoms with Crippen LogP contribution in [0.15, 0.2) is 48.9 Å². The van der Waals surface area contributed by atoms with E-state index in [4.69, 9.17) is 9.47 Å². The van der Waals surface area contributed by atoms with Gasteiger partial charge in [0.2, 0.25) is 0 Å². The molecule has 2 aliphatic rings. The molecule has 1 unspecified atom stereocenters. The van der Waals surface area contributed by atoms with Crippen molar-refractivity contribution in [2.75, 3.05) is 11.9 Å². The van der Waals surface area contributed by atoms with Crippen LogP contribution in [0.4, 0.5) is 23.8 Å². The van der Waals surface area contributed by atoms with Gasteiger partial charge in [-0.25, -0.2) is 22.9 Å². The summed E-state index contributed by atoms with van der Waals surface area (Å²) in [6, 6.07) is 5.44. The van der Waals surface area contributed by atoms with Crippen molar-refractivity contribution in [1.82, 2.24) is 15.3 Å². The van der Waals surface area contributed by atoms with E-state index in [9.17, 15) is 18.0 Å². The van der Waals surface area contributed by atoms with Crippen molar-refractivity contribution in [3.05, 3.63) is 71.9 Å². The van der Waals surface area contributed by atoms with Crippen molar-refractivity contribution >= 4 is 11.8 Å². The number of nitrogens with one attached hydrogen (secondary N) is 2. The number of benzene rings is 1. The second-order valence-corrected chi connectivity index (χ2v) is 7.16. The first kappa shape index (κ1) is 19.2. The van der Waals surface area contributed by atoms with Crippen LogP contribution < -0.4 is 20.1 Å². The molecule has 1 fully saturated rings. The molecule has 3 heterocycles. The summed E-state index contributed by atoms with van der Waals surface area (Å²) in [5.74, 6) is -2.42. The van der Waals surface area contributed by atoms with Crippen LogP contribution in [-0.4, -0.2) is 28.6 Å². The van der Waals surface area contributed by atoms with Gasteiger partial charge in [0.15, 0.2) is 34.7 Å². The van der Waals surface area contributed by atoms with Gasteiger partial charge in [-0.3, -0.25) is 10.3 Å². The molecule has 1 saturated carbocycles. The molecule has 0 spiro atoms. The van der Waals surface area contributed by atoms with Crippen molar-refractivity contribution < 1.29 is 27.4 Å². The van der Waals surface area contributed by atoms with Crippen LogP contribution in [0.5, 0.6) is 17.2 Å². The van der Waals surface area contributed by atoms with Crippen LogP contribution in [0.3, 0.4) is 0 Å². The lowest BCUT2D eigenvalue weighted by Gasteiger charge is -2.16. The molecule has 10 heteroatoms. The number of halogens is 3. The molecule has 31 heavy (non-hydrogen) atoms. The summed E-state index contributed by atoms with van der Waals surface area (Å²) in [5.41, 5.74) is 0.136. The Morgan fingerprint density at radius 2 is 1.90 bits per heavy atom. The number of amides is 2. The molecular weight excluding hydrogens is 413 g/mol. The standard InChI is InChI=1S/C21H15F3N4O3/c22-11-3-4-12(23)19-17(11)16-10(9-30-19)18(16)27-21(29)28-20-15(2-1-6-26-20)31-14-5-7-25-8-13(14)24/h1-8,10,16,18H,9H2,(H2,26,27,28,29)/t10-,16-,18?/m0/s1. The van der Waals surface area contributed by atoms with Gasteiger partial charge in [0.25, 0.3) is 0 Å². The average Bonchev–Trinajstić information content (AvgIpc) is 3.46. The predicted octanol–water partition coefficient (Wildman–Crippen LogP) is 3.98. The molecule has 1 aliphatic carbocycles. The Morgan fingerprint density at radius 3 is 2.74 bits per heavy atom. The highest BCUT2D eigenvalue weighted by atomic mass is 19.1. The van der Waals surface area contributed by atoms with Crippen molar-refractivity contribution in [2.45, 2.75) is 12.0 Å². The first-order valence-electron chi connectivity index (χ1n) is 9.43. The maximum Gasteiger partial charge on any atom is 0.320 e. The third kappa shape index (κ3) is 3.49. The molecule has 2 aromatic heterocycles. The molecule has 7 nitrogen and oxygen atoms in total. The first-order valence-corrected chi connectivity index (χ1v) is 9.43. The number of hydrogen-bond donors (Lipinski definition) is 2. The first-order chi connectivity index (χ1) is 15.0. The molecule has 0 bridgehead atoms. The lowest BCUT2D eigenvalue weighted by Crippen LogP contribution is -2.32. The van der Waals surface area contributed by atoms with Crippen LogP contribution in [-0.2, 0) is 0 Å². The van der Waals surface area contributed by atoms with E-state index < -0.39 is 29.5 Å². The zero-order valence-electron chi connectivity index (χ0n) is 15.8. The van der Waals surface area contributed by atoms with E-state index in [0.29, 0.717) is 0 Å². The van der Waals surface area contributed by atoms with Crippen molar-refractivity contribution in [2.24, 2.45) is 5.92 Å². The highest BCUT2D eigenvalue weighted by molar-refractivity contribution is 5.90. The zero-order chi connectivity index (χ0) is 21.5. The summed E-state index contributed by atoms with van der Waals surface area (Å²) in [5, 5.41) is 5.28. The Kier molecular flexibility index (Phi) is 4.61. The molecule has 2 amide bonds. The molecule has 1 aromatic carbocycles. The quantitative estimate of drug-likeness (QED) is 0.657. The molecule has 158 valence electrons. The molecule has 2 N–H and O–H groups in total. The summed E-state index contributed by atoms with van der Waals surface area (Å²) in [4.78, 5) is 20.2. The molecule has 0 radical (unpaired) electrons. The number of fused-ring (bicyclic) bond motifs is 3. The Bertz CT molecular complexity index is 1180. The average molecular weight is 428 g/mol. The van der Waals surface area contributed by atoms with Crippen LogP contribution in [0, 0.1) is 23.4 Å². The van der Waals surface area contributed by atoms with Gasteiger partial charge in [0.05, 0.1) is 12.8 Å². The lowest BCUT2D eigenvalue weighted by molar-refractivity contribution is 0.247. The van der Waals surface area contributed by atoms with E-state index in [1.54, 1.807) is 6.07 Å². The van der Waals surface area contributed by atoms with E-state index in [1.807, 2.05) is 0 Å². The van der Waals surface area contributed by atoms with E-state index in [2.05, 4.69) is 20.6 Å². The minimum Gasteiger partial charge on any atom is -0.490 e. The fourth-order valence-electron chi connectivity index (χ4n) is 3.78. The van der Waals surface area contributed by atoms with Crippen molar-refractivity contribution in [3.63, 3.8) is 0 Å². The third-order valence-corrected chi connectivity index (χ3v) is 5.27. The van der Waals surface area contributed by atoms with Crippen molar-refractivity contribution in [1.29, 1.82) is 0 Å². The fraction of sp³-hybridized carbons (Fsp3) is 0.190. The Hall–Kier alpha value is -3.82. The number of hydrogen-bond acceptors (Lipinski definition) is 5. The summed E-state index contributed by atoms with van der Waals surface area (Å²) in [6.07, 6.45) is 3.80. The monoisotopic (exact) mass is 428 g/mol. The number of carbonyl (C=O) groups excluding carboxylic acids is 1. The maximum atomic E-state index is 14.2. The number of carbonyl (C=O) groups is 1. The minimum absolute atomic E-state index is 0.0636. The normalized spacial score (nSPS) is 20.7. The van der Waals surface area contributed by atoms with E-state index in [0.717, 1.165) is 18.3 Å². The topological polar surface area (TPSA) is 85.4 Å². The van der Waals surface area contributed by atoms with Gasteiger partial charge in [0, 0.05) is 41.9 Å². The molecule has 0 saturated heterocycles. The fourth-order valence-corrected chi connectivity index (χ4v) is 3.78. The van der Waals surface area contributed by atoms with E-state index in [1.165, 1.54) is 24.5 Å². The number of nitrogens with zero attached hydrogens (tertiary/aromatic N) is 2. The number of urea groups is 1. The van der Waals surface area contributed by atoms with Crippen molar-refractivity contribution in [3.8, 4) is 17.2 Å². The maximum absolute atomic E-state index is 14.2. The Morgan fingerprint density at radius 1 is 1.06 bits per heavy atom. The van der Waals surface area contributed by atoms with E-state index >= 15 is 0 Å².